The van der Waals surface area contributed by atoms with Crippen LogP contribution in [0.2, 0.25) is 0 Å². The molecule has 1 aromatic heterocycles. The number of fused-ring (bicyclic) bond motifs is 1. The number of halogens is 1. The molecule has 1 aliphatic rings. The third kappa shape index (κ3) is 2.88. The maximum absolute atomic E-state index is 4.65. The maximum atomic E-state index is 4.65. The maximum Gasteiger partial charge on any atom is 0.170 e. The van der Waals surface area contributed by atoms with Gasteiger partial charge in [0, 0.05) is 19.6 Å². The monoisotopic (exact) mass is 279 g/mol. The number of rotatable bonds is 3. The van der Waals surface area contributed by atoms with E-state index >= 15 is 0 Å². The van der Waals surface area contributed by atoms with E-state index in [9.17, 15) is 0 Å². The summed E-state index contributed by atoms with van der Waals surface area (Å²) in [7, 11) is 1.87. The summed E-state index contributed by atoms with van der Waals surface area (Å²) < 4.78 is 0. The van der Waals surface area contributed by atoms with Gasteiger partial charge in [0.15, 0.2) is 11.6 Å². The van der Waals surface area contributed by atoms with Crippen LogP contribution in [0, 0.1) is 0 Å². The first-order chi connectivity index (χ1) is 8.86. The average Bonchev–Trinajstić information content (AvgIpc) is 2.91. The molecule has 6 heteroatoms. The molecule has 1 saturated heterocycles. The minimum Gasteiger partial charge on any atom is -0.370 e. The highest BCUT2D eigenvalue weighted by Crippen LogP contribution is 2.22. The summed E-state index contributed by atoms with van der Waals surface area (Å²) in [5, 5.41) is 9.90. The number of benzene rings is 1. The number of para-hydroxylation sites is 2. The van der Waals surface area contributed by atoms with Crippen LogP contribution in [0.4, 0.5) is 11.6 Å². The van der Waals surface area contributed by atoms with E-state index in [1.807, 2.05) is 31.3 Å². The number of anilines is 2. The second kappa shape index (κ2) is 6.04. The summed E-state index contributed by atoms with van der Waals surface area (Å²) >= 11 is 0. The Morgan fingerprint density at radius 2 is 1.84 bits per heavy atom. The minimum absolute atomic E-state index is 0. The van der Waals surface area contributed by atoms with Crippen LogP contribution < -0.4 is 16.0 Å². The standard InChI is InChI=1S/C13H17N5.ClH/c1-14-12-13(16-9-6-7-15-8-9)18-11-5-3-2-4-10(11)17-12;/h2-5,9,15H,6-8H2,1H3,(H,14,17)(H,16,18);1H. The Hall–Kier alpha value is -1.59. The largest absolute Gasteiger partial charge is 0.370 e. The quantitative estimate of drug-likeness (QED) is 0.801. The van der Waals surface area contributed by atoms with Crippen molar-refractivity contribution in [3.8, 4) is 0 Å². The fourth-order valence-corrected chi connectivity index (χ4v) is 2.25. The number of hydrogen-bond acceptors (Lipinski definition) is 5. The third-order valence-electron chi connectivity index (χ3n) is 3.21. The van der Waals surface area contributed by atoms with Gasteiger partial charge in [-0.25, -0.2) is 9.97 Å². The van der Waals surface area contributed by atoms with Crippen molar-refractivity contribution in [2.24, 2.45) is 0 Å². The molecule has 102 valence electrons. The molecule has 0 amide bonds. The first-order valence-electron chi connectivity index (χ1n) is 6.28. The van der Waals surface area contributed by atoms with Gasteiger partial charge in [0.25, 0.3) is 0 Å². The molecule has 2 aromatic rings. The Kier molecular flexibility index (Phi) is 4.39. The number of nitrogens with one attached hydrogen (secondary N) is 3. The molecular weight excluding hydrogens is 262 g/mol. The van der Waals surface area contributed by atoms with Crippen LogP contribution in [-0.2, 0) is 0 Å². The molecule has 3 N–H and O–H groups in total. The molecule has 1 atom stereocenters. The first-order valence-corrected chi connectivity index (χ1v) is 6.28. The smallest absolute Gasteiger partial charge is 0.170 e. The zero-order valence-corrected chi connectivity index (χ0v) is 11.6. The highest BCUT2D eigenvalue weighted by Gasteiger charge is 2.17. The lowest BCUT2D eigenvalue weighted by Crippen LogP contribution is -2.23. The summed E-state index contributed by atoms with van der Waals surface area (Å²) in [6.07, 6.45) is 1.12. The lowest BCUT2D eigenvalue weighted by molar-refractivity contribution is 0.788. The normalized spacial score (nSPS) is 18.1. The lowest BCUT2D eigenvalue weighted by Gasteiger charge is -2.15. The van der Waals surface area contributed by atoms with Crippen molar-refractivity contribution in [2.75, 3.05) is 30.8 Å². The molecule has 2 heterocycles. The average molecular weight is 280 g/mol. The van der Waals surface area contributed by atoms with Crippen LogP contribution in [0.15, 0.2) is 24.3 Å². The van der Waals surface area contributed by atoms with Crippen LogP contribution in [0.25, 0.3) is 11.0 Å². The summed E-state index contributed by atoms with van der Waals surface area (Å²) in [5.41, 5.74) is 1.84. The fourth-order valence-electron chi connectivity index (χ4n) is 2.25. The summed E-state index contributed by atoms with van der Waals surface area (Å²) in [4.78, 5) is 9.22. The molecule has 1 aliphatic heterocycles. The van der Waals surface area contributed by atoms with Crippen molar-refractivity contribution in [1.29, 1.82) is 0 Å². The van der Waals surface area contributed by atoms with Crippen LogP contribution in [0.3, 0.4) is 0 Å². The van der Waals surface area contributed by atoms with Gasteiger partial charge in [-0.15, -0.1) is 12.4 Å². The molecule has 1 fully saturated rings. The molecule has 1 aromatic carbocycles. The summed E-state index contributed by atoms with van der Waals surface area (Å²) in [6, 6.07) is 8.36. The first kappa shape index (κ1) is 13.8. The van der Waals surface area contributed by atoms with Gasteiger partial charge in [-0.05, 0) is 25.1 Å². The Morgan fingerprint density at radius 1 is 1.16 bits per heavy atom. The van der Waals surface area contributed by atoms with Crippen molar-refractivity contribution >= 4 is 35.1 Å². The van der Waals surface area contributed by atoms with Crippen LogP contribution in [0.1, 0.15) is 6.42 Å². The van der Waals surface area contributed by atoms with Crippen LogP contribution in [0.5, 0.6) is 0 Å². The van der Waals surface area contributed by atoms with Gasteiger partial charge in [0.2, 0.25) is 0 Å². The van der Waals surface area contributed by atoms with Gasteiger partial charge in [-0.2, -0.15) is 0 Å². The highest BCUT2D eigenvalue weighted by molar-refractivity contribution is 5.85. The number of hydrogen-bond donors (Lipinski definition) is 3. The van der Waals surface area contributed by atoms with Gasteiger partial charge >= 0.3 is 0 Å². The Balaban J connectivity index is 0.00000133. The van der Waals surface area contributed by atoms with E-state index < -0.39 is 0 Å². The molecule has 0 saturated carbocycles. The molecule has 3 rings (SSSR count). The summed E-state index contributed by atoms with van der Waals surface area (Å²) in [5.74, 6) is 1.64. The molecule has 0 spiro atoms. The second-order valence-corrected chi connectivity index (χ2v) is 4.49. The SMILES string of the molecule is CNc1nc2ccccc2nc1NC1CCNC1.Cl. The van der Waals surface area contributed by atoms with Crippen molar-refractivity contribution in [1.82, 2.24) is 15.3 Å². The number of nitrogens with zero attached hydrogens (tertiary/aromatic N) is 2. The lowest BCUT2D eigenvalue weighted by atomic mass is 10.2. The van der Waals surface area contributed by atoms with E-state index in [1.165, 1.54) is 0 Å². The topological polar surface area (TPSA) is 61.9 Å². The zero-order valence-electron chi connectivity index (χ0n) is 10.8. The van der Waals surface area contributed by atoms with E-state index in [1.54, 1.807) is 0 Å². The molecule has 5 nitrogen and oxygen atoms in total. The van der Waals surface area contributed by atoms with E-state index in [0.717, 1.165) is 42.2 Å². The van der Waals surface area contributed by atoms with E-state index in [0.29, 0.717) is 6.04 Å². The van der Waals surface area contributed by atoms with Crippen LogP contribution in [-0.4, -0.2) is 36.1 Å². The molecule has 0 radical (unpaired) electrons. The van der Waals surface area contributed by atoms with E-state index in [4.69, 9.17) is 0 Å². The van der Waals surface area contributed by atoms with Crippen molar-refractivity contribution in [3.05, 3.63) is 24.3 Å². The molecule has 0 bridgehead atoms. The van der Waals surface area contributed by atoms with Crippen molar-refractivity contribution < 1.29 is 0 Å². The molecule has 1 unspecified atom stereocenters. The Labute approximate surface area is 118 Å². The zero-order chi connectivity index (χ0) is 12.4. The minimum atomic E-state index is 0. The molecule has 19 heavy (non-hydrogen) atoms. The van der Waals surface area contributed by atoms with Crippen LogP contribution >= 0.6 is 12.4 Å². The van der Waals surface area contributed by atoms with Gasteiger partial charge in [-0.3, -0.25) is 0 Å². The van der Waals surface area contributed by atoms with E-state index in [-0.39, 0.29) is 12.4 Å². The highest BCUT2D eigenvalue weighted by atomic mass is 35.5. The predicted octanol–water partition coefficient (Wildman–Crippen LogP) is 1.87. The Bertz CT molecular complexity index is 554. The molecular formula is C13H18ClN5. The number of aromatic nitrogens is 2. The van der Waals surface area contributed by atoms with Crippen molar-refractivity contribution in [2.45, 2.75) is 12.5 Å². The third-order valence-corrected chi connectivity index (χ3v) is 3.21. The molecule has 0 aliphatic carbocycles. The van der Waals surface area contributed by atoms with Crippen molar-refractivity contribution in [3.63, 3.8) is 0 Å². The summed E-state index contributed by atoms with van der Waals surface area (Å²) in [6.45, 7) is 2.05. The Morgan fingerprint density at radius 3 is 2.42 bits per heavy atom. The van der Waals surface area contributed by atoms with Gasteiger partial charge in [0.1, 0.15) is 0 Å². The second-order valence-electron chi connectivity index (χ2n) is 4.49. The van der Waals surface area contributed by atoms with Gasteiger partial charge in [-0.1, -0.05) is 12.1 Å². The van der Waals surface area contributed by atoms with Gasteiger partial charge in [0.05, 0.1) is 11.0 Å². The predicted molar refractivity (Wildman–Crippen MR) is 81.2 cm³/mol. The fraction of sp³-hybridized carbons (Fsp3) is 0.385. The van der Waals surface area contributed by atoms with E-state index in [2.05, 4.69) is 25.9 Å². The van der Waals surface area contributed by atoms with Gasteiger partial charge < -0.3 is 16.0 Å².